The van der Waals surface area contributed by atoms with E-state index < -0.39 is 17.8 Å². The Balaban J connectivity index is 2.40. The third-order valence-electron chi connectivity index (χ3n) is 2.32. The number of para-hydroxylation sites is 1. The van der Waals surface area contributed by atoms with Gasteiger partial charge in [-0.2, -0.15) is 0 Å². The molecule has 19 heavy (non-hydrogen) atoms. The van der Waals surface area contributed by atoms with Crippen molar-refractivity contribution in [1.29, 1.82) is 0 Å². The van der Waals surface area contributed by atoms with Crippen molar-refractivity contribution in [3.8, 4) is 5.75 Å². The lowest BCUT2D eigenvalue weighted by molar-refractivity contribution is -0.129. The van der Waals surface area contributed by atoms with Crippen LogP contribution < -0.4 is 15.4 Å². The minimum absolute atomic E-state index is 0.00307. The lowest BCUT2D eigenvalue weighted by atomic mass is 10.3. The fraction of sp³-hybridized carbons (Fsp3) is 0.385. The van der Waals surface area contributed by atoms with E-state index in [1.807, 2.05) is 0 Å². The molecule has 0 bridgehead atoms. The summed E-state index contributed by atoms with van der Waals surface area (Å²) in [6.45, 7) is 3.50. The van der Waals surface area contributed by atoms with Gasteiger partial charge in [0.2, 0.25) is 5.91 Å². The molecule has 1 rings (SSSR count). The second-order valence-electron chi connectivity index (χ2n) is 3.90. The van der Waals surface area contributed by atoms with E-state index in [-0.39, 0.29) is 18.3 Å². The number of benzene rings is 1. The van der Waals surface area contributed by atoms with Crippen molar-refractivity contribution in [2.75, 3.05) is 13.2 Å². The standard InChI is InChI=1S/C13H17FN2O3/c1-3-15-13(18)9(2)16-12(17)8-19-11-7-5-4-6-10(11)14/h4-7,9H,3,8H2,1-2H3,(H,15,18)(H,16,17)/t9-/m0/s1. The van der Waals surface area contributed by atoms with Crippen LogP contribution in [0.5, 0.6) is 5.75 Å². The SMILES string of the molecule is CCNC(=O)[C@H](C)NC(=O)COc1ccccc1F. The Hall–Kier alpha value is -2.11. The summed E-state index contributed by atoms with van der Waals surface area (Å²) in [6.07, 6.45) is 0. The highest BCUT2D eigenvalue weighted by atomic mass is 19.1. The zero-order valence-electron chi connectivity index (χ0n) is 10.9. The number of carbonyl (C=O) groups excluding carboxylic acids is 2. The zero-order valence-corrected chi connectivity index (χ0v) is 10.9. The van der Waals surface area contributed by atoms with Gasteiger partial charge in [-0.3, -0.25) is 9.59 Å². The van der Waals surface area contributed by atoms with Crippen molar-refractivity contribution in [3.05, 3.63) is 30.1 Å². The van der Waals surface area contributed by atoms with E-state index in [0.29, 0.717) is 6.54 Å². The van der Waals surface area contributed by atoms with Gasteiger partial charge in [-0.25, -0.2) is 4.39 Å². The lowest BCUT2D eigenvalue weighted by Crippen LogP contribution is -2.46. The molecule has 2 N–H and O–H groups in total. The van der Waals surface area contributed by atoms with Gasteiger partial charge in [0.15, 0.2) is 18.2 Å². The average Bonchev–Trinajstić information content (AvgIpc) is 2.38. The summed E-state index contributed by atoms with van der Waals surface area (Å²) in [5, 5.41) is 5.03. The Labute approximate surface area is 111 Å². The molecule has 2 amide bonds. The molecule has 6 heteroatoms. The first-order chi connectivity index (χ1) is 9.04. The summed E-state index contributed by atoms with van der Waals surface area (Å²) in [5.41, 5.74) is 0. The highest BCUT2D eigenvalue weighted by Crippen LogP contribution is 2.14. The maximum Gasteiger partial charge on any atom is 0.258 e. The summed E-state index contributed by atoms with van der Waals surface area (Å²) in [7, 11) is 0. The van der Waals surface area contributed by atoms with Crippen LogP contribution in [0.4, 0.5) is 4.39 Å². The number of nitrogens with one attached hydrogen (secondary N) is 2. The molecule has 0 aliphatic heterocycles. The molecule has 0 aromatic heterocycles. The molecular formula is C13H17FN2O3. The van der Waals surface area contributed by atoms with Gasteiger partial charge in [-0.1, -0.05) is 12.1 Å². The van der Waals surface area contributed by atoms with Gasteiger partial charge in [-0.15, -0.1) is 0 Å². The Bertz CT molecular complexity index is 451. The third kappa shape index (κ3) is 4.95. The molecule has 0 fully saturated rings. The molecule has 5 nitrogen and oxygen atoms in total. The molecule has 0 saturated carbocycles. The van der Waals surface area contributed by atoms with Crippen LogP contribution in [-0.4, -0.2) is 31.0 Å². The molecule has 0 aliphatic carbocycles. The van der Waals surface area contributed by atoms with Gasteiger partial charge in [0.25, 0.3) is 5.91 Å². The van der Waals surface area contributed by atoms with Crippen LogP contribution >= 0.6 is 0 Å². The predicted molar refractivity (Wildman–Crippen MR) is 68.2 cm³/mol. The normalized spacial score (nSPS) is 11.5. The van der Waals surface area contributed by atoms with Crippen molar-refractivity contribution in [2.24, 2.45) is 0 Å². The van der Waals surface area contributed by atoms with Crippen molar-refractivity contribution in [2.45, 2.75) is 19.9 Å². The Morgan fingerprint density at radius 1 is 1.37 bits per heavy atom. The minimum Gasteiger partial charge on any atom is -0.481 e. The van der Waals surface area contributed by atoms with Crippen molar-refractivity contribution < 1.29 is 18.7 Å². The highest BCUT2D eigenvalue weighted by molar-refractivity contribution is 5.87. The first kappa shape index (κ1) is 14.9. The van der Waals surface area contributed by atoms with Gasteiger partial charge < -0.3 is 15.4 Å². The van der Waals surface area contributed by atoms with Crippen molar-refractivity contribution >= 4 is 11.8 Å². The third-order valence-corrected chi connectivity index (χ3v) is 2.32. The number of amides is 2. The average molecular weight is 268 g/mol. The summed E-state index contributed by atoms with van der Waals surface area (Å²) in [5.74, 6) is -1.29. The summed E-state index contributed by atoms with van der Waals surface area (Å²) >= 11 is 0. The number of hydrogen-bond acceptors (Lipinski definition) is 3. The molecule has 0 unspecified atom stereocenters. The van der Waals surface area contributed by atoms with E-state index >= 15 is 0 Å². The number of halogens is 1. The van der Waals surface area contributed by atoms with Crippen molar-refractivity contribution in [3.63, 3.8) is 0 Å². The van der Waals surface area contributed by atoms with Gasteiger partial charge in [-0.05, 0) is 26.0 Å². The van der Waals surface area contributed by atoms with E-state index in [2.05, 4.69) is 10.6 Å². The van der Waals surface area contributed by atoms with Crippen LogP contribution in [-0.2, 0) is 9.59 Å². The number of hydrogen-bond donors (Lipinski definition) is 2. The van der Waals surface area contributed by atoms with Crippen LogP contribution in [0.25, 0.3) is 0 Å². The first-order valence-corrected chi connectivity index (χ1v) is 5.99. The van der Waals surface area contributed by atoms with E-state index in [1.54, 1.807) is 19.9 Å². The van der Waals surface area contributed by atoms with E-state index in [0.717, 1.165) is 0 Å². The summed E-state index contributed by atoms with van der Waals surface area (Å²) in [6, 6.07) is 5.14. The van der Waals surface area contributed by atoms with Gasteiger partial charge in [0.05, 0.1) is 0 Å². The van der Waals surface area contributed by atoms with Crippen LogP contribution in [0.2, 0.25) is 0 Å². The summed E-state index contributed by atoms with van der Waals surface area (Å²) < 4.78 is 18.2. The number of rotatable bonds is 6. The fourth-order valence-electron chi connectivity index (χ4n) is 1.38. The van der Waals surface area contributed by atoms with Crippen LogP contribution in [0.1, 0.15) is 13.8 Å². The second-order valence-corrected chi connectivity index (χ2v) is 3.90. The number of likely N-dealkylation sites (N-methyl/N-ethyl adjacent to an activating group) is 1. The minimum atomic E-state index is -0.656. The first-order valence-electron chi connectivity index (χ1n) is 5.99. The second kappa shape index (κ2) is 7.35. The topological polar surface area (TPSA) is 67.4 Å². The molecule has 0 aliphatic rings. The molecular weight excluding hydrogens is 251 g/mol. The Kier molecular flexibility index (Phi) is 5.78. The highest BCUT2D eigenvalue weighted by Gasteiger charge is 2.15. The van der Waals surface area contributed by atoms with Gasteiger partial charge in [0, 0.05) is 6.54 Å². The maximum absolute atomic E-state index is 13.2. The molecule has 0 radical (unpaired) electrons. The molecule has 1 aromatic rings. The van der Waals surface area contributed by atoms with Gasteiger partial charge in [0.1, 0.15) is 6.04 Å². The number of ether oxygens (including phenoxy) is 1. The molecule has 104 valence electrons. The van der Waals surface area contributed by atoms with Crippen LogP contribution in [0.3, 0.4) is 0 Å². The predicted octanol–water partition coefficient (Wildman–Crippen LogP) is 0.845. The molecule has 0 saturated heterocycles. The Morgan fingerprint density at radius 3 is 2.68 bits per heavy atom. The molecule has 1 aromatic carbocycles. The lowest BCUT2D eigenvalue weighted by Gasteiger charge is -2.13. The number of carbonyl (C=O) groups is 2. The zero-order chi connectivity index (χ0) is 14.3. The smallest absolute Gasteiger partial charge is 0.258 e. The fourth-order valence-corrected chi connectivity index (χ4v) is 1.38. The maximum atomic E-state index is 13.2. The van der Waals surface area contributed by atoms with Crippen molar-refractivity contribution in [1.82, 2.24) is 10.6 Å². The summed E-state index contributed by atoms with van der Waals surface area (Å²) in [4.78, 5) is 22.9. The monoisotopic (exact) mass is 268 g/mol. The van der Waals surface area contributed by atoms with E-state index in [1.165, 1.54) is 18.2 Å². The van der Waals surface area contributed by atoms with Gasteiger partial charge >= 0.3 is 0 Å². The molecule has 0 heterocycles. The largest absolute Gasteiger partial charge is 0.481 e. The molecule has 0 spiro atoms. The van der Waals surface area contributed by atoms with Crippen LogP contribution in [0.15, 0.2) is 24.3 Å². The van der Waals surface area contributed by atoms with E-state index in [9.17, 15) is 14.0 Å². The quantitative estimate of drug-likeness (QED) is 0.803. The Morgan fingerprint density at radius 2 is 2.05 bits per heavy atom. The van der Waals surface area contributed by atoms with Crippen LogP contribution in [0, 0.1) is 5.82 Å². The molecule has 1 atom stereocenters. The van der Waals surface area contributed by atoms with E-state index in [4.69, 9.17) is 4.74 Å².